The number of hydrogen-bond acceptors (Lipinski definition) is 6. The van der Waals surface area contributed by atoms with Crippen molar-refractivity contribution in [1.29, 1.82) is 0 Å². The molecule has 0 saturated carbocycles. The standard InChI is InChI=1S/C24H25BrN2O5/c1-5-18(32-19-11-10-15-8-6-7-9-17(15)23(19)25)24(28)27-26-14-16-12-21(30-3)22(31-4)13-20(16)29-2/h6-14,18H,5H2,1-4H3,(H,27,28)/b26-14-/t18-/m0/s1. The zero-order chi connectivity index (χ0) is 23.1. The number of halogens is 1. The van der Waals surface area contributed by atoms with E-state index in [-0.39, 0.29) is 5.91 Å². The highest BCUT2D eigenvalue weighted by Gasteiger charge is 2.20. The third kappa shape index (κ3) is 5.13. The van der Waals surface area contributed by atoms with Gasteiger partial charge in [0.1, 0.15) is 11.5 Å². The van der Waals surface area contributed by atoms with Crippen molar-refractivity contribution in [2.75, 3.05) is 21.3 Å². The summed E-state index contributed by atoms with van der Waals surface area (Å²) in [4.78, 5) is 12.7. The minimum atomic E-state index is -0.711. The van der Waals surface area contributed by atoms with Crippen molar-refractivity contribution in [1.82, 2.24) is 5.43 Å². The second-order valence-corrected chi connectivity index (χ2v) is 7.59. The Morgan fingerprint density at radius 3 is 2.38 bits per heavy atom. The van der Waals surface area contributed by atoms with E-state index in [1.54, 1.807) is 33.5 Å². The van der Waals surface area contributed by atoms with Gasteiger partial charge in [-0.1, -0.05) is 37.3 Å². The summed E-state index contributed by atoms with van der Waals surface area (Å²) in [5.74, 6) is 1.83. The first-order valence-corrected chi connectivity index (χ1v) is 10.8. The van der Waals surface area contributed by atoms with Gasteiger partial charge in [-0.15, -0.1) is 0 Å². The van der Waals surface area contributed by atoms with Crippen LogP contribution in [-0.4, -0.2) is 39.6 Å². The number of nitrogens with one attached hydrogen (secondary N) is 1. The zero-order valence-corrected chi connectivity index (χ0v) is 19.9. The summed E-state index contributed by atoms with van der Waals surface area (Å²) in [5, 5.41) is 6.17. The fourth-order valence-electron chi connectivity index (χ4n) is 3.17. The molecule has 168 valence electrons. The van der Waals surface area contributed by atoms with Crippen LogP contribution in [0.1, 0.15) is 18.9 Å². The van der Waals surface area contributed by atoms with Gasteiger partial charge in [0.05, 0.1) is 32.0 Å². The van der Waals surface area contributed by atoms with E-state index >= 15 is 0 Å². The quantitative estimate of drug-likeness (QED) is 0.332. The largest absolute Gasteiger partial charge is 0.496 e. The first-order valence-electron chi connectivity index (χ1n) is 9.99. The normalized spacial score (nSPS) is 11.9. The van der Waals surface area contributed by atoms with Gasteiger partial charge in [-0.25, -0.2) is 5.43 Å². The van der Waals surface area contributed by atoms with Crippen LogP contribution in [0.3, 0.4) is 0 Å². The summed E-state index contributed by atoms with van der Waals surface area (Å²) in [6.45, 7) is 1.88. The molecule has 0 fully saturated rings. The van der Waals surface area contributed by atoms with E-state index in [2.05, 4.69) is 26.5 Å². The SMILES string of the molecule is CC[C@H](Oc1ccc2ccccc2c1Br)C(=O)N/N=C\c1cc(OC)c(OC)cc1OC. The number of benzene rings is 3. The predicted octanol–water partition coefficient (Wildman–Crippen LogP) is 4.94. The first-order chi connectivity index (χ1) is 15.5. The predicted molar refractivity (Wildman–Crippen MR) is 128 cm³/mol. The Morgan fingerprint density at radius 1 is 1.00 bits per heavy atom. The highest BCUT2D eigenvalue weighted by atomic mass is 79.9. The van der Waals surface area contributed by atoms with Crippen molar-refractivity contribution in [2.45, 2.75) is 19.4 Å². The number of hydrogen-bond donors (Lipinski definition) is 1. The lowest BCUT2D eigenvalue weighted by molar-refractivity contribution is -0.128. The van der Waals surface area contributed by atoms with E-state index < -0.39 is 6.10 Å². The van der Waals surface area contributed by atoms with Gasteiger partial charge in [-0.3, -0.25) is 4.79 Å². The third-order valence-electron chi connectivity index (χ3n) is 4.87. The maximum atomic E-state index is 12.7. The summed E-state index contributed by atoms with van der Waals surface area (Å²) in [6.07, 6.45) is 1.24. The third-order valence-corrected chi connectivity index (χ3v) is 5.69. The van der Waals surface area contributed by atoms with Gasteiger partial charge >= 0.3 is 0 Å². The lowest BCUT2D eigenvalue weighted by Crippen LogP contribution is -2.35. The molecule has 0 radical (unpaired) electrons. The molecule has 8 heteroatoms. The van der Waals surface area contributed by atoms with Crippen molar-refractivity contribution in [2.24, 2.45) is 5.10 Å². The van der Waals surface area contributed by atoms with Crippen LogP contribution in [0.5, 0.6) is 23.0 Å². The Bertz CT molecular complexity index is 1130. The zero-order valence-electron chi connectivity index (χ0n) is 18.3. The molecule has 0 heterocycles. The summed E-state index contributed by atoms with van der Waals surface area (Å²) >= 11 is 3.59. The van der Waals surface area contributed by atoms with Crippen LogP contribution >= 0.6 is 15.9 Å². The van der Waals surface area contributed by atoms with Crippen LogP contribution in [-0.2, 0) is 4.79 Å². The second-order valence-electron chi connectivity index (χ2n) is 6.80. The summed E-state index contributed by atoms with van der Waals surface area (Å²) in [5.41, 5.74) is 3.16. The van der Waals surface area contributed by atoms with Crippen LogP contribution in [0.2, 0.25) is 0 Å². The van der Waals surface area contributed by atoms with E-state index in [9.17, 15) is 4.79 Å². The van der Waals surface area contributed by atoms with E-state index in [0.29, 0.717) is 35.0 Å². The van der Waals surface area contributed by atoms with Crippen LogP contribution in [0.15, 0.2) is 58.1 Å². The number of nitrogens with zero attached hydrogens (tertiary/aromatic N) is 1. The molecule has 1 amide bonds. The number of carbonyl (C=O) groups excluding carboxylic acids is 1. The molecule has 1 N–H and O–H groups in total. The van der Waals surface area contributed by atoms with Crippen molar-refractivity contribution in [3.63, 3.8) is 0 Å². The minimum absolute atomic E-state index is 0.358. The van der Waals surface area contributed by atoms with Crippen molar-refractivity contribution < 1.29 is 23.7 Å². The average Bonchev–Trinajstić information content (AvgIpc) is 2.83. The Labute approximate surface area is 195 Å². The molecule has 3 aromatic carbocycles. The molecule has 32 heavy (non-hydrogen) atoms. The molecule has 3 aromatic rings. The molecule has 1 atom stereocenters. The van der Waals surface area contributed by atoms with Crippen LogP contribution in [0, 0.1) is 0 Å². The molecule has 0 aromatic heterocycles. The monoisotopic (exact) mass is 500 g/mol. The number of carbonyl (C=O) groups is 1. The van der Waals surface area contributed by atoms with E-state index in [1.165, 1.54) is 6.21 Å². The minimum Gasteiger partial charge on any atom is -0.496 e. The highest BCUT2D eigenvalue weighted by Crippen LogP contribution is 2.35. The molecule has 0 aliphatic carbocycles. The van der Waals surface area contributed by atoms with Gasteiger partial charge in [0.2, 0.25) is 0 Å². The van der Waals surface area contributed by atoms with Crippen LogP contribution in [0.4, 0.5) is 0 Å². The molecule has 0 aliphatic rings. The van der Waals surface area contributed by atoms with Crippen LogP contribution in [0.25, 0.3) is 10.8 Å². The Morgan fingerprint density at radius 2 is 1.69 bits per heavy atom. The fraction of sp³-hybridized carbons (Fsp3) is 0.250. The van der Waals surface area contributed by atoms with E-state index in [1.807, 2.05) is 43.3 Å². The van der Waals surface area contributed by atoms with Crippen LogP contribution < -0.4 is 24.4 Å². The number of amides is 1. The van der Waals surface area contributed by atoms with Crippen molar-refractivity contribution >= 4 is 38.8 Å². The number of rotatable bonds is 9. The molecule has 7 nitrogen and oxygen atoms in total. The Kier molecular flexibility index (Phi) is 7.94. The number of hydrazone groups is 1. The van der Waals surface area contributed by atoms with Gasteiger partial charge in [-0.2, -0.15) is 5.10 Å². The lowest BCUT2D eigenvalue weighted by Gasteiger charge is -2.17. The molecule has 0 spiro atoms. The Hall–Kier alpha value is -3.26. The molecule has 0 unspecified atom stereocenters. The number of methoxy groups -OCH3 is 3. The van der Waals surface area contributed by atoms with E-state index in [4.69, 9.17) is 18.9 Å². The molecule has 0 aliphatic heterocycles. The topological polar surface area (TPSA) is 78.4 Å². The van der Waals surface area contributed by atoms with Gasteiger partial charge in [0, 0.05) is 11.6 Å². The van der Waals surface area contributed by atoms with Gasteiger partial charge in [0.15, 0.2) is 17.6 Å². The summed E-state index contributed by atoms with van der Waals surface area (Å²) in [6, 6.07) is 15.2. The molecular formula is C24H25BrN2O5. The second kappa shape index (κ2) is 10.9. The maximum Gasteiger partial charge on any atom is 0.281 e. The molecule has 3 rings (SSSR count). The smallest absolute Gasteiger partial charge is 0.281 e. The summed E-state index contributed by atoms with van der Waals surface area (Å²) < 4.78 is 22.8. The summed E-state index contributed by atoms with van der Waals surface area (Å²) in [7, 11) is 4.63. The molecule has 0 saturated heterocycles. The molecular weight excluding hydrogens is 476 g/mol. The average molecular weight is 501 g/mol. The highest BCUT2D eigenvalue weighted by molar-refractivity contribution is 9.10. The number of ether oxygens (including phenoxy) is 4. The fourth-order valence-corrected chi connectivity index (χ4v) is 3.76. The lowest BCUT2D eigenvalue weighted by atomic mass is 10.1. The van der Waals surface area contributed by atoms with Crippen molar-refractivity contribution in [3.8, 4) is 23.0 Å². The van der Waals surface area contributed by atoms with Gasteiger partial charge in [-0.05, 0) is 45.3 Å². The first kappa shape index (κ1) is 23.4. The van der Waals surface area contributed by atoms with Gasteiger partial charge in [0.25, 0.3) is 5.91 Å². The van der Waals surface area contributed by atoms with E-state index in [0.717, 1.165) is 15.2 Å². The Balaban J connectivity index is 1.73. The number of fused-ring (bicyclic) bond motifs is 1. The molecule has 0 bridgehead atoms. The maximum absolute atomic E-state index is 12.7. The van der Waals surface area contributed by atoms with Crippen molar-refractivity contribution in [3.05, 3.63) is 58.6 Å². The van der Waals surface area contributed by atoms with Gasteiger partial charge < -0.3 is 18.9 Å².